The molecule has 4 rings (SSSR count). The van der Waals surface area contributed by atoms with E-state index in [2.05, 4.69) is 14.7 Å². The average molecular weight is 423 g/mol. The maximum Gasteiger partial charge on any atom is 0.265 e. The van der Waals surface area contributed by atoms with E-state index < -0.39 is 10.0 Å². The standard InChI is InChI=1S/C22H21N3O4S/c1-14-4-10-18-19(12-14)24-22(23-18)15-5-7-16(8-6-15)25-30(26,27)21-13-17(28-2)9-11-20(21)29-3/h4-13,25H,1-3H3,(H,23,24). The number of ether oxygens (including phenoxy) is 2. The third-order valence-corrected chi connectivity index (χ3v) is 6.11. The fraction of sp³-hybridized carbons (Fsp3) is 0.136. The molecule has 8 heteroatoms. The largest absolute Gasteiger partial charge is 0.497 e. The SMILES string of the molecule is COc1ccc(OC)c(S(=O)(=O)Nc2ccc(-c3nc4ccc(C)cc4[nH]3)cc2)c1. The number of aromatic amines is 1. The Morgan fingerprint density at radius 1 is 0.933 bits per heavy atom. The first-order chi connectivity index (χ1) is 14.4. The van der Waals surface area contributed by atoms with Gasteiger partial charge in [-0.2, -0.15) is 0 Å². The number of nitrogens with one attached hydrogen (secondary N) is 2. The second kappa shape index (κ2) is 7.72. The van der Waals surface area contributed by atoms with Gasteiger partial charge in [-0.25, -0.2) is 13.4 Å². The van der Waals surface area contributed by atoms with Crippen molar-refractivity contribution >= 4 is 26.7 Å². The normalized spacial score (nSPS) is 11.4. The second-order valence-electron chi connectivity index (χ2n) is 6.81. The smallest absolute Gasteiger partial charge is 0.265 e. The Hall–Kier alpha value is -3.52. The van der Waals surface area contributed by atoms with Gasteiger partial charge in [-0.3, -0.25) is 4.72 Å². The van der Waals surface area contributed by atoms with Crippen LogP contribution in [0.25, 0.3) is 22.4 Å². The number of H-pyrrole nitrogens is 1. The topological polar surface area (TPSA) is 93.3 Å². The Morgan fingerprint density at radius 3 is 2.40 bits per heavy atom. The van der Waals surface area contributed by atoms with Crippen LogP contribution in [0.2, 0.25) is 0 Å². The molecule has 0 amide bonds. The molecule has 0 bridgehead atoms. The summed E-state index contributed by atoms with van der Waals surface area (Å²) in [6, 6.07) is 17.6. The van der Waals surface area contributed by atoms with Crippen molar-refractivity contribution in [1.29, 1.82) is 0 Å². The first kappa shape index (κ1) is 19.8. The number of imidazole rings is 1. The highest BCUT2D eigenvalue weighted by atomic mass is 32.2. The molecule has 3 aromatic carbocycles. The molecule has 2 N–H and O–H groups in total. The lowest BCUT2D eigenvalue weighted by Gasteiger charge is -2.13. The van der Waals surface area contributed by atoms with Crippen molar-refractivity contribution in [1.82, 2.24) is 9.97 Å². The predicted molar refractivity (Wildman–Crippen MR) is 117 cm³/mol. The minimum absolute atomic E-state index is 0.00100. The molecule has 0 radical (unpaired) electrons. The number of nitrogens with zero attached hydrogens (tertiary/aromatic N) is 1. The molecular formula is C22H21N3O4S. The molecule has 0 saturated heterocycles. The van der Waals surface area contributed by atoms with Crippen LogP contribution in [0.4, 0.5) is 5.69 Å². The van der Waals surface area contributed by atoms with Crippen LogP contribution in [0.3, 0.4) is 0 Å². The van der Waals surface area contributed by atoms with Gasteiger partial charge in [0.05, 0.1) is 25.3 Å². The lowest BCUT2D eigenvalue weighted by molar-refractivity contribution is 0.392. The number of benzene rings is 3. The van der Waals surface area contributed by atoms with Crippen LogP contribution in [0.1, 0.15) is 5.56 Å². The molecule has 1 heterocycles. The number of fused-ring (bicyclic) bond motifs is 1. The lowest BCUT2D eigenvalue weighted by Crippen LogP contribution is -2.14. The molecule has 0 aliphatic carbocycles. The zero-order valence-corrected chi connectivity index (χ0v) is 17.6. The summed E-state index contributed by atoms with van der Waals surface area (Å²) in [6.07, 6.45) is 0. The molecule has 154 valence electrons. The van der Waals surface area contributed by atoms with Crippen molar-refractivity contribution in [2.24, 2.45) is 0 Å². The lowest BCUT2D eigenvalue weighted by atomic mass is 10.2. The number of hydrogen-bond acceptors (Lipinski definition) is 5. The van der Waals surface area contributed by atoms with Crippen LogP contribution < -0.4 is 14.2 Å². The summed E-state index contributed by atoms with van der Waals surface area (Å²) < 4.78 is 38.7. The highest BCUT2D eigenvalue weighted by Crippen LogP contribution is 2.30. The number of hydrogen-bond donors (Lipinski definition) is 2. The Bertz CT molecular complexity index is 1310. The van der Waals surface area contributed by atoms with E-state index in [0.717, 1.165) is 28.0 Å². The Kier molecular flexibility index (Phi) is 5.09. The van der Waals surface area contributed by atoms with E-state index in [1.54, 1.807) is 24.3 Å². The molecule has 1 aromatic heterocycles. The van der Waals surface area contributed by atoms with Gasteiger partial charge in [-0.05, 0) is 61.0 Å². The minimum Gasteiger partial charge on any atom is -0.497 e. The van der Waals surface area contributed by atoms with Crippen molar-refractivity contribution in [2.75, 3.05) is 18.9 Å². The summed E-state index contributed by atoms with van der Waals surface area (Å²) in [5.74, 6) is 1.38. The van der Waals surface area contributed by atoms with Crippen LogP contribution in [0, 0.1) is 6.92 Å². The molecule has 0 spiro atoms. The summed E-state index contributed by atoms with van der Waals surface area (Å²) in [6.45, 7) is 2.03. The zero-order valence-electron chi connectivity index (χ0n) is 16.8. The van der Waals surface area contributed by atoms with Gasteiger partial charge in [0.2, 0.25) is 0 Å². The van der Waals surface area contributed by atoms with Crippen molar-refractivity contribution < 1.29 is 17.9 Å². The van der Waals surface area contributed by atoms with Crippen molar-refractivity contribution in [3.05, 3.63) is 66.2 Å². The van der Waals surface area contributed by atoms with Crippen molar-refractivity contribution in [3.63, 3.8) is 0 Å². The molecule has 0 atom stereocenters. The monoisotopic (exact) mass is 423 g/mol. The van der Waals surface area contributed by atoms with Gasteiger partial charge in [0, 0.05) is 17.3 Å². The van der Waals surface area contributed by atoms with E-state index in [1.165, 1.54) is 20.3 Å². The van der Waals surface area contributed by atoms with Crippen LogP contribution in [0.5, 0.6) is 11.5 Å². The van der Waals surface area contributed by atoms with Crippen LogP contribution in [-0.2, 0) is 10.0 Å². The summed E-state index contributed by atoms with van der Waals surface area (Å²) in [4.78, 5) is 7.89. The molecule has 0 fully saturated rings. The van der Waals surface area contributed by atoms with Gasteiger partial charge in [0.15, 0.2) is 0 Å². The quantitative estimate of drug-likeness (QED) is 0.481. The third-order valence-electron chi connectivity index (χ3n) is 4.71. The van der Waals surface area contributed by atoms with E-state index in [9.17, 15) is 8.42 Å². The van der Waals surface area contributed by atoms with E-state index >= 15 is 0 Å². The summed E-state index contributed by atoms with van der Waals surface area (Å²) in [5, 5.41) is 0. The fourth-order valence-electron chi connectivity index (χ4n) is 3.16. The number of anilines is 1. The van der Waals surface area contributed by atoms with Gasteiger partial charge in [0.25, 0.3) is 10.0 Å². The van der Waals surface area contributed by atoms with Gasteiger partial charge < -0.3 is 14.5 Å². The molecular weight excluding hydrogens is 402 g/mol. The fourth-order valence-corrected chi connectivity index (χ4v) is 4.40. The van der Waals surface area contributed by atoms with E-state index in [4.69, 9.17) is 9.47 Å². The van der Waals surface area contributed by atoms with E-state index in [0.29, 0.717) is 11.4 Å². The Morgan fingerprint density at radius 2 is 1.70 bits per heavy atom. The van der Waals surface area contributed by atoms with Crippen molar-refractivity contribution in [2.45, 2.75) is 11.8 Å². The van der Waals surface area contributed by atoms with Gasteiger partial charge in [-0.1, -0.05) is 6.07 Å². The highest BCUT2D eigenvalue weighted by Gasteiger charge is 2.21. The number of sulfonamides is 1. The molecule has 7 nitrogen and oxygen atoms in total. The minimum atomic E-state index is -3.87. The third kappa shape index (κ3) is 3.81. The van der Waals surface area contributed by atoms with Gasteiger partial charge in [-0.15, -0.1) is 0 Å². The van der Waals surface area contributed by atoms with E-state index in [1.807, 2.05) is 37.3 Å². The molecule has 0 saturated carbocycles. The molecule has 0 unspecified atom stereocenters. The average Bonchev–Trinajstić information content (AvgIpc) is 3.16. The molecule has 0 aliphatic rings. The first-order valence-electron chi connectivity index (χ1n) is 9.21. The number of aryl methyl sites for hydroxylation is 1. The molecule has 30 heavy (non-hydrogen) atoms. The maximum atomic E-state index is 12.9. The van der Waals surface area contributed by atoms with Crippen LogP contribution in [0.15, 0.2) is 65.6 Å². The summed E-state index contributed by atoms with van der Waals surface area (Å²) >= 11 is 0. The van der Waals surface area contributed by atoms with Gasteiger partial charge >= 0.3 is 0 Å². The van der Waals surface area contributed by atoms with Crippen LogP contribution in [-0.4, -0.2) is 32.6 Å². The second-order valence-corrected chi connectivity index (χ2v) is 8.46. The van der Waals surface area contributed by atoms with Gasteiger partial charge in [0.1, 0.15) is 22.2 Å². The number of aromatic nitrogens is 2. The first-order valence-corrected chi connectivity index (χ1v) is 10.7. The summed E-state index contributed by atoms with van der Waals surface area (Å²) in [5.41, 5.74) is 4.27. The Labute approximate surface area is 174 Å². The zero-order chi connectivity index (χ0) is 21.3. The van der Waals surface area contributed by atoms with Crippen LogP contribution >= 0.6 is 0 Å². The predicted octanol–water partition coefficient (Wildman–Crippen LogP) is 4.36. The number of rotatable bonds is 6. The number of methoxy groups -OCH3 is 2. The van der Waals surface area contributed by atoms with E-state index in [-0.39, 0.29) is 10.6 Å². The molecule has 0 aliphatic heterocycles. The summed E-state index contributed by atoms with van der Waals surface area (Å²) in [7, 11) is -0.973. The molecule has 4 aromatic rings. The van der Waals surface area contributed by atoms with Crippen molar-refractivity contribution in [3.8, 4) is 22.9 Å². The highest BCUT2D eigenvalue weighted by molar-refractivity contribution is 7.92. The Balaban J connectivity index is 1.61. The maximum absolute atomic E-state index is 12.9.